The summed E-state index contributed by atoms with van der Waals surface area (Å²) in [5, 5.41) is 14.1. The topological polar surface area (TPSA) is 32.3 Å². The summed E-state index contributed by atoms with van der Waals surface area (Å²) in [5.74, 6) is 0.301. The monoisotopic (exact) mass is 353 g/mol. The number of nitrogens with one attached hydrogen (secondary N) is 1. The standard InChI is InChI=1S/C16H17BrClNO/c1-11(8-12-4-2-6-14(18)9-12)19-10-13-5-3-7-15(17)16(13)20/h2-7,9,11,19-20H,8,10H2,1H3. The Morgan fingerprint density at radius 1 is 1.25 bits per heavy atom. The van der Waals surface area contributed by atoms with E-state index in [2.05, 4.69) is 34.2 Å². The lowest BCUT2D eigenvalue weighted by atomic mass is 10.1. The van der Waals surface area contributed by atoms with Crippen LogP contribution in [-0.2, 0) is 13.0 Å². The minimum atomic E-state index is 0.298. The Morgan fingerprint density at radius 2 is 2.00 bits per heavy atom. The number of benzene rings is 2. The molecule has 2 nitrogen and oxygen atoms in total. The maximum Gasteiger partial charge on any atom is 0.134 e. The van der Waals surface area contributed by atoms with Crippen LogP contribution < -0.4 is 5.32 Å². The third-order valence-electron chi connectivity index (χ3n) is 3.14. The van der Waals surface area contributed by atoms with Gasteiger partial charge in [0, 0.05) is 23.2 Å². The lowest BCUT2D eigenvalue weighted by molar-refractivity contribution is 0.455. The maximum absolute atomic E-state index is 9.93. The van der Waals surface area contributed by atoms with Crippen molar-refractivity contribution >= 4 is 27.5 Å². The number of rotatable bonds is 5. The molecule has 0 aromatic heterocycles. The van der Waals surface area contributed by atoms with Crippen molar-refractivity contribution in [3.63, 3.8) is 0 Å². The Kier molecular flexibility index (Phi) is 5.46. The average molecular weight is 355 g/mol. The quantitative estimate of drug-likeness (QED) is 0.827. The Balaban J connectivity index is 1.92. The second-order valence-corrected chi connectivity index (χ2v) is 6.15. The molecule has 0 aliphatic heterocycles. The number of halogens is 2. The van der Waals surface area contributed by atoms with Gasteiger partial charge in [-0.25, -0.2) is 0 Å². The van der Waals surface area contributed by atoms with Crippen molar-refractivity contribution in [1.82, 2.24) is 5.32 Å². The fraction of sp³-hybridized carbons (Fsp3) is 0.250. The fourth-order valence-corrected chi connectivity index (χ4v) is 2.70. The van der Waals surface area contributed by atoms with Crippen LogP contribution in [0.25, 0.3) is 0 Å². The largest absolute Gasteiger partial charge is 0.506 e. The number of para-hydroxylation sites is 1. The Labute approximate surface area is 132 Å². The van der Waals surface area contributed by atoms with Crippen molar-refractivity contribution in [3.05, 3.63) is 63.1 Å². The summed E-state index contributed by atoms with van der Waals surface area (Å²) in [6, 6.07) is 13.9. The van der Waals surface area contributed by atoms with E-state index < -0.39 is 0 Å². The molecule has 2 aromatic carbocycles. The van der Waals surface area contributed by atoms with Gasteiger partial charge in [-0.2, -0.15) is 0 Å². The summed E-state index contributed by atoms with van der Waals surface area (Å²) < 4.78 is 0.722. The van der Waals surface area contributed by atoms with E-state index in [-0.39, 0.29) is 0 Å². The van der Waals surface area contributed by atoms with Crippen LogP contribution in [0, 0.1) is 0 Å². The van der Waals surface area contributed by atoms with Crippen LogP contribution in [0.5, 0.6) is 5.75 Å². The van der Waals surface area contributed by atoms with Crippen LogP contribution in [-0.4, -0.2) is 11.1 Å². The van der Waals surface area contributed by atoms with Gasteiger partial charge in [-0.1, -0.05) is 35.9 Å². The van der Waals surface area contributed by atoms with Gasteiger partial charge in [0.15, 0.2) is 0 Å². The molecule has 2 N–H and O–H groups in total. The molecule has 4 heteroatoms. The van der Waals surface area contributed by atoms with Crippen molar-refractivity contribution in [3.8, 4) is 5.75 Å². The molecule has 106 valence electrons. The van der Waals surface area contributed by atoms with Gasteiger partial charge in [-0.05, 0) is 53.0 Å². The predicted octanol–water partition coefficient (Wildman–Crippen LogP) is 4.53. The summed E-state index contributed by atoms with van der Waals surface area (Å²) in [4.78, 5) is 0. The maximum atomic E-state index is 9.93. The lowest BCUT2D eigenvalue weighted by Gasteiger charge is -2.15. The minimum Gasteiger partial charge on any atom is -0.506 e. The molecule has 20 heavy (non-hydrogen) atoms. The molecule has 0 aliphatic rings. The first kappa shape index (κ1) is 15.4. The van der Waals surface area contributed by atoms with E-state index in [1.807, 2.05) is 36.4 Å². The number of phenols is 1. The molecule has 0 saturated heterocycles. The number of hydrogen-bond acceptors (Lipinski definition) is 2. The predicted molar refractivity (Wildman–Crippen MR) is 87.3 cm³/mol. The van der Waals surface area contributed by atoms with Crippen LogP contribution in [0.1, 0.15) is 18.1 Å². The first-order valence-corrected chi connectivity index (χ1v) is 7.67. The highest BCUT2D eigenvalue weighted by Gasteiger charge is 2.07. The Morgan fingerprint density at radius 3 is 2.75 bits per heavy atom. The van der Waals surface area contributed by atoms with E-state index in [9.17, 15) is 5.11 Å². The summed E-state index contributed by atoms with van der Waals surface area (Å²) >= 11 is 9.30. The van der Waals surface area contributed by atoms with Gasteiger partial charge >= 0.3 is 0 Å². The highest BCUT2D eigenvalue weighted by atomic mass is 79.9. The minimum absolute atomic E-state index is 0.298. The summed E-state index contributed by atoms with van der Waals surface area (Å²) in [7, 11) is 0. The zero-order valence-electron chi connectivity index (χ0n) is 11.2. The van der Waals surface area contributed by atoms with Crippen LogP contribution in [0.3, 0.4) is 0 Å². The number of hydrogen-bond donors (Lipinski definition) is 2. The van der Waals surface area contributed by atoms with Gasteiger partial charge in [0.2, 0.25) is 0 Å². The van der Waals surface area contributed by atoms with E-state index in [1.54, 1.807) is 0 Å². The van der Waals surface area contributed by atoms with Gasteiger partial charge in [-0.3, -0.25) is 0 Å². The molecular weight excluding hydrogens is 338 g/mol. The summed E-state index contributed by atoms with van der Waals surface area (Å²) in [6.45, 7) is 2.75. The highest BCUT2D eigenvalue weighted by molar-refractivity contribution is 9.10. The van der Waals surface area contributed by atoms with Crippen molar-refractivity contribution in [2.24, 2.45) is 0 Å². The Bertz CT molecular complexity index is 588. The molecule has 1 unspecified atom stereocenters. The van der Waals surface area contributed by atoms with Crippen molar-refractivity contribution in [1.29, 1.82) is 0 Å². The third-order valence-corrected chi connectivity index (χ3v) is 4.02. The van der Waals surface area contributed by atoms with Gasteiger partial charge < -0.3 is 10.4 Å². The third kappa shape index (κ3) is 4.23. The second kappa shape index (κ2) is 7.11. The smallest absolute Gasteiger partial charge is 0.134 e. The molecule has 1 atom stereocenters. The number of phenolic OH excluding ortho intramolecular Hbond substituents is 1. The van der Waals surface area contributed by atoms with E-state index in [4.69, 9.17) is 11.6 Å². The van der Waals surface area contributed by atoms with Crippen LogP contribution >= 0.6 is 27.5 Å². The van der Waals surface area contributed by atoms with Crippen LogP contribution in [0.2, 0.25) is 5.02 Å². The molecular formula is C16H17BrClNO. The number of aromatic hydroxyl groups is 1. The van der Waals surface area contributed by atoms with Gasteiger partial charge in [0.1, 0.15) is 5.75 Å². The van der Waals surface area contributed by atoms with Gasteiger partial charge in [0.05, 0.1) is 4.47 Å². The second-order valence-electron chi connectivity index (χ2n) is 4.86. The summed E-state index contributed by atoms with van der Waals surface area (Å²) in [5.41, 5.74) is 2.09. The molecule has 0 aliphatic carbocycles. The normalized spacial score (nSPS) is 12.3. The molecule has 0 saturated carbocycles. The first-order valence-electron chi connectivity index (χ1n) is 6.50. The molecule has 0 bridgehead atoms. The van der Waals surface area contributed by atoms with E-state index in [0.717, 1.165) is 21.5 Å². The summed E-state index contributed by atoms with van der Waals surface area (Å²) in [6.07, 6.45) is 0.898. The van der Waals surface area contributed by atoms with Gasteiger partial charge in [0.25, 0.3) is 0 Å². The van der Waals surface area contributed by atoms with Crippen molar-refractivity contribution in [2.45, 2.75) is 25.9 Å². The average Bonchev–Trinajstić information content (AvgIpc) is 2.40. The van der Waals surface area contributed by atoms with E-state index in [0.29, 0.717) is 18.3 Å². The van der Waals surface area contributed by atoms with Crippen LogP contribution in [0.15, 0.2) is 46.9 Å². The molecule has 0 spiro atoms. The van der Waals surface area contributed by atoms with Crippen molar-refractivity contribution < 1.29 is 5.11 Å². The SMILES string of the molecule is CC(Cc1cccc(Cl)c1)NCc1cccc(Br)c1O. The van der Waals surface area contributed by atoms with Crippen molar-refractivity contribution in [2.75, 3.05) is 0 Å². The molecule has 0 radical (unpaired) electrons. The lowest BCUT2D eigenvalue weighted by Crippen LogP contribution is -2.27. The first-order chi connectivity index (χ1) is 9.56. The zero-order chi connectivity index (χ0) is 14.5. The van der Waals surface area contributed by atoms with E-state index in [1.165, 1.54) is 5.56 Å². The zero-order valence-corrected chi connectivity index (χ0v) is 13.6. The Hall–Kier alpha value is -1.03. The molecule has 0 fully saturated rings. The molecule has 0 heterocycles. The highest BCUT2D eigenvalue weighted by Crippen LogP contribution is 2.27. The molecule has 2 rings (SSSR count). The molecule has 0 amide bonds. The van der Waals surface area contributed by atoms with E-state index >= 15 is 0 Å². The van der Waals surface area contributed by atoms with Crippen LogP contribution in [0.4, 0.5) is 0 Å². The fourth-order valence-electron chi connectivity index (χ4n) is 2.08. The van der Waals surface area contributed by atoms with Gasteiger partial charge in [-0.15, -0.1) is 0 Å². The molecule has 2 aromatic rings.